The fourth-order valence-electron chi connectivity index (χ4n) is 2.36. The molecule has 10 heteroatoms. The second kappa shape index (κ2) is 7.08. The Morgan fingerprint density at radius 3 is 2.48 bits per heavy atom. The molecule has 140 valence electrons. The molecule has 0 radical (unpaired) electrons. The number of rotatable bonds is 5. The van der Waals surface area contributed by atoms with E-state index in [2.05, 4.69) is 10.3 Å². The largest absolute Gasteiger partial charge is 0.467 e. The summed E-state index contributed by atoms with van der Waals surface area (Å²) in [5.41, 5.74) is -1.42. The van der Waals surface area contributed by atoms with Crippen molar-refractivity contribution in [3.8, 4) is 0 Å². The zero-order valence-corrected chi connectivity index (χ0v) is 14.9. The molecule has 0 atom stereocenters. The van der Waals surface area contributed by atoms with E-state index < -0.39 is 27.0 Å². The molecule has 0 aliphatic heterocycles. The SMILES string of the molecule is CS(=O)(=O)c1ccc(NC(=O)c2c[nH]c(=O)n(Cc3ccco3)c2=O)cc1. The van der Waals surface area contributed by atoms with Gasteiger partial charge in [-0.3, -0.25) is 14.2 Å². The summed E-state index contributed by atoms with van der Waals surface area (Å²) in [6, 6.07) is 8.70. The number of H-pyrrole nitrogens is 1. The molecule has 0 aliphatic carbocycles. The summed E-state index contributed by atoms with van der Waals surface area (Å²) in [5.74, 6) is -0.354. The first-order valence-electron chi connectivity index (χ1n) is 7.72. The number of amides is 1. The molecule has 0 fully saturated rings. The van der Waals surface area contributed by atoms with E-state index in [9.17, 15) is 22.8 Å². The van der Waals surface area contributed by atoms with Crippen molar-refractivity contribution in [2.24, 2.45) is 0 Å². The predicted molar refractivity (Wildman–Crippen MR) is 96.6 cm³/mol. The summed E-state index contributed by atoms with van der Waals surface area (Å²) in [6.45, 7) is -0.120. The van der Waals surface area contributed by atoms with Gasteiger partial charge in [0.1, 0.15) is 11.3 Å². The van der Waals surface area contributed by atoms with Crippen molar-refractivity contribution in [2.45, 2.75) is 11.4 Å². The van der Waals surface area contributed by atoms with E-state index in [-0.39, 0.29) is 17.0 Å². The van der Waals surface area contributed by atoms with E-state index in [4.69, 9.17) is 4.42 Å². The Bertz CT molecular complexity index is 1190. The normalized spacial score (nSPS) is 11.3. The first kappa shape index (κ1) is 18.4. The van der Waals surface area contributed by atoms with Crippen LogP contribution in [0.1, 0.15) is 16.1 Å². The van der Waals surface area contributed by atoms with Crippen LogP contribution in [0, 0.1) is 0 Å². The molecule has 0 bridgehead atoms. The molecule has 3 rings (SSSR count). The van der Waals surface area contributed by atoms with Crippen LogP contribution in [0.4, 0.5) is 5.69 Å². The van der Waals surface area contributed by atoms with Crippen molar-refractivity contribution in [1.82, 2.24) is 9.55 Å². The van der Waals surface area contributed by atoms with Crippen LogP contribution in [0.5, 0.6) is 0 Å². The molecule has 3 aromatic rings. The number of carbonyl (C=O) groups excluding carboxylic acids is 1. The molecule has 2 N–H and O–H groups in total. The summed E-state index contributed by atoms with van der Waals surface area (Å²) in [5, 5.41) is 2.49. The summed E-state index contributed by atoms with van der Waals surface area (Å²) < 4.78 is 28.9. The summed E-state index contributed by atoms with van der Waals surface area (Å²) >= 11 is 0. The number of sulfone groups is 1. The maximum Gasteiger partial charge on any atom is 0.328 e. The van der Waals surface area contributed by atoms with Crippen molar-refractivity contribution in [1.29, 1.82) is 0 Å². The number of nitrogens with zero attached hydrogens (tertiary/aromatic N) is 1. The Morgan fingerprint density at radius 2 is 1.89 bits per heavy atom. The molecule has 27 heavy (non-hydrogen) atoms. The Hall–Kier alpha value is -3.40. The average molecular weight is 389 g/mol. The van der Waals surface area contributed by atoms with Gasteiger partial charge in [0.25, 0.3) is 11.5 Å². The molecule has 1 amide bonds. The van der Waals surface area contributed by atoms with Gasteiger partial charge in [0, 0.05) is 18.1 Å². The highest BCUT2D eigenvalue weighted by Gasteiger charge is 2.16. The summed E-state index contributed by atoms with van der Waals surface area (Å²) in [7, 11) is -3.36. The fraction of sp³-hybridized carbons (Fsp3) is 0.118. The van der Waals surface area contributed by atoms with E-state index in [1.807, 2.05) is 0 Å². The highest BCUT2D eigenvalue weighted by Crippen LogP contribution is 2.14. The van der Waals surface area contributed by atoms with Gasteiger partial charge in [-0.1, -0.05) is 0 Å². The first-order valence-corrected chi connectivity index (χ1v) is 9.61. The third-order valence-corrected chi connectivity index (χ3v) is 4.87. The Labute approximate surface area is 153 Å². The van der Waals surface area contributed by atoms with Gasteiger partial charge in [-0.15, -0.1) is 0 Å². The lowest BCUT2D eigenvalue weighted by Gasteiger charge is -2.08. The lowest BCUT2D eigenvalue weighted by molar-refractivity contribution is 0.102. The van der Waals surface area contributed by atoms with Gasteiger partial charge in [-0.25, -0.2) is 13.2 Å². The van der Waals surface area contributed by atoms with Gasteiger partial charge in [-0.2, -0.15) is 0 Å². The minimum Gasteiger partial charge on any atom is -0.467 e. The smallest absolute Gasteiger partial charge is 0.328 e. The number of aromatic nitrogens is 2. The van der Waals surface area contributed by atoms with Gasteiger partial charge in [0.15, 0.2) is 9.84 Å². The topological polar surface area (TPSA) is 131 Å². The van der Waals surface area contributed by atoms with Crippen LogP contribution in [0.25, 0.3) is 0 Å². The Morgan fingerprint density at radius 1 is 1.19 bits per heavy atom. The van der Waals surface area contributed by atoms with E-state index in [1.165, 1.54) is 30.5 Å². The number of benzene rings is 1. The van der Waals surface area contributed by atoms with Crippen molar-refractivity contribution in [2.75, 3.05) is 11.6 Å². The molecule has 0 saturated carbocycles. The number of anilines is 1. The Kier molecular flexibility index (Phi) is 4.82. The monoisotopic (exact) mass is 389 g/mol. The Balaban J connectivity index is 1.87. The molecule has 0 unspecified atom stereocenters. The number of furan rings is 1. The number of aromatic amines is 1. The molecule has 0 saturated heterocycles. The third-order valence-electron chi connectivity index (χ3n) is 3.74. The van der Waals surface area contributed by atoms with Crippen LogP contribution in [0.2, 0.25) is 0 Å². The van der Waals surface area contributed by atoms with Gasteiger partial charge >= 0.3 is 5.69 Å². The molecule has 0 aliphatic rings. The van der Waals surface area contributed by atoms with Crippen LogP contribution in [-0.4, -0.2) is 30.1 Å². The lowest BCUT2D eigenvalue weighted by Crippen LogP contribution is -2.39. The maximum atomic E-state index is 12.5. The van der Waals surface area contributed by atoms with Crippen molar-refractivity contribution in [3.63, 3.8) is 0 Å². The van der Waals surface area contributed by atoms with Gasteiger partial charge in [0.2, 0.25) is 0 Å². The molecule has 1 aromatic carbocycles. The van der Waals surface area contributed by atoms with Crippen LogP contribution in [0.3, 0.4) is 0 Å². The highest BCUT2D eigenvalue weighted by molar-refractivity contribution is 7.90. The zero-order valence-electron chi connectivity index (χ0n) is 14.1. The summed E-state index contributed by atoms with van der Waals surface area (Å²) in [6.07, 6.45) is 3.51. The van der Waals surface area contributed by atoms with Crippen LogP contribution < -0.4 is 16.6 Å². The molecule has 9 nitrogen and oxygen atoms in total. The summed E-state index contributed by atoms with van der Waals surface area (Å²) in [4.78, 5) is 39.2. The highest BCUT2D eigenvalue weighted by atomic mass is 32.2. The second-order valence-electron chi connectivity index (χ2n) is 5.73. The molecular weight excluding hydrogens is 374 g/mol. The number of hydrogen-bond donors (Lipinski definition) is 2. The minimum atomic E-state index is -3.36. The number of nitrogens with one attached hydrogen (secondary N) is 2. The lowest BCUT2D eigenvalue weighted by atomic mass is 10.2. The van der Waals surface area contributed by atoms with E-state index in [0.29, 0.717) is 11.4 Å². The van der Waals surface area contributed by atoms with Crippen LogP contribution >= 0.6 is 0 Å². The van der Waals surface area contributed by atoms with Crippen molar-refractivity contribution < 1.29 is 17.6 Å². The van der Waals surface area contributed by atoms with E-state index in [0.717, 1.165) is 17.0 Å². The fourth-order valence-corrected chi connectivity index (χ4v) is 2.99. The second-order valence-corrected chi connectivity index (χ2v) is 7.74. The van der Waals surface area contributed by atoms with E-state index >= 15 is 0 Å². The standard InChI is InChI=1S/C17H15N3O6S/c1-27(24,25)13-6-4-11(5-7-13)19-15(21)14-9-18-17(23)20(16(14)22)10-12-3-2-8-26-12/h2-9H,10H2,1H3,(H,18,23)(H,19,21). The van der Waals surface area contributed by atoms with Crippen molar-refractivity contribution >= 4 is 21.4 Å². The van der Waals surface area contributed by atoms with Gasteiger partial charge < -0.3 is 14.7 Å². The number of carbonyl (C=O) groups is 1. The van der Waals surface area contributed by atoms with Crippen LogP contribution in [0.15, 0.2) is 67.8 Å². The molecule has 2 aromatic heterocycles. The van der Waals surface area contributed by atoms with E-state index in [1.54, 1.807) is 12.1 Å². The quantitative estimate of drug-likeness (QED) is 0.665. The van der Waals surface area contributed by atoms with Crippen molar-refractivity contribution in [3.05, 3.63) is 81.0 Å². The molecule has 2 heterocycles. The number of hydrogen-bond acceptors (Lipinski definition) is 6. The van der Waals surface area contributed by atoms with Gasteiger partial charge in [0.05, 0.1) is 17.7 Å². The molecular formula is C17H15N3O6S. The minimum absolute atomic E-state index is 0.102. The molecule has 0 spiro atoms. The average Bonchev–Trinajstić information content (AvgIpc) is 3.11. The third kappa shape index (κ3) is 4.06. The zero-order chi connectivity index (χ0) is 19.6. The predicted octanol–water partition coefficient (Wildman–Crippen LogP) is 0.834. The van der Waals surface area contributed by atoms with Crippen LogP contribution in [-0.2, 0) is 16.4 Å². The van der Waals surface area contributed by atoms with Gasteiger partial charge in [-0.05, 0) is 36.4 Å². The maximum absolute atomic E-state index is 12.5. The first-order chi connectivity index (χ1) is 12.8.